The number of methoxy groups -OCH3 is 1. The maximum absolute atomic E-state index is 14.9. The van der Waals surface area contributed by atoms with Crippen molar-refractivity contribution >= 4 is 22.6 Å². The molecule has 2 heterocycles. The highest BCUT2D eigenvalue weighted by Gasteiger charge is 2.38. The third-order valence-corrected chi connectivity index (χ3v) is 4.03. The highest BCUT2D eigenvalue weighted by atomic mass is 35.5. The molecule has 0 aliphatic heterocycles. The molecule has 12 heteroatoms. The van der Waals surface area contributed by atoms with Gasteiger partial charge in [-0.2, -0.15) is 18.3 Å². The molecule has 0 radical (unpaired) electrons. The summed E-state index contributed by atoms with van der Waals surface area (Å²) in [5, 5.41) is 3.27. The predicted octanol–water partition coefficient (Wildman–Crippen LogP) is 4.71. The van der Waals surface area contributed by atoms with E-state index in [1.807, 2.05) is 0 Å². The van der Waals surface area contributed by atoms with Crippen LogP contribution in [0.2, 0.25) is 5.15 Å². The fraction of sp³-hybridized carbons (Fsp3) is 0.250. The number of alkyl halides is 3. The van der Waals surface area contributed by atoms with Gasteiger partial charge in [-0.1, -0.05) is 11.6 Å². The fourth-order valence-corrected chi connectivity index (χ4v) is 2.70. The van der Waals surface area contributed by atoms with Gasteiger partial charge in [-0.15, -0.1) is 0 Å². The van der Waals surface area contributed by atoms with Gasteiger partial charge in [0.2, 0.25) is 0 Å². The molecule has 0 aliphatic rings. The first-order chi connectivity index (χ1) is 13.1. The molecule has 0 saturated heterocycles. The number of pyridine rings is 1. The number of hydrogen-bond acceptors (Lipinski definition) is 4. The molecule has 3 aromatic rings. The minimum atomic E-state index is -5.16. The number of aryl methyl sites for hydroxylation is 1. The summed E-state index contributed by atoms with van der Waals surface area (Å²) in [6, 6.07) is 1.08. The van der Waals surface area contributed by atoms with Crippen molar-refractivity contribution in [2.24, 2.45) is 7.05 Å². The minimum Gasteiger partial charge on any atom is -0.461 e. The average Bonchev–Trinajstić information content (AvgIpc) is 2.90. The standard InChI is InChI=1S/C16H10ClF6N3O2/c1-26-15-7(4-9(18)14(17)24-15)12(25-26)6-3-8(16(21,22)23)11(20)13(10(6)19)28-5-27-2/h3-4H,5H2,1-2H3. The quantitative estimate of drug-likeness (QED) is 0.345. The van der Waals surface area contributed by atoms with Gasteiger partial charge >= 0.3 is 6.18 Å². The van der Waals surface area contributed by atoms with Crippen LogP contribution < -0.4 is 4.74 Å². The van der Waals surface area contributed by atoms with Crippen LogP contribution in [0.4, 0.5) is 26.3 Å². The number of nitrogens with zero attached hydrogens (tertiary/aromatic N) is 3. The minimum absolute atomic E-state index is 0.0157. The maximum atomic E-state index is 14.9. The van der Waals surface area contributed by atoms with Gasteiger partial charge in [0.1, 0.15) is 5.69 Å². The molecule has 150 valence electrons. The molecule has 2 aromatic heterocycles. The molecule has 0 fully saturated rings. The Morgan fingerprint density at radius 2 is 1.82 bits per heavy atom. The lowest BCUT2D eigenvalue weighted by atomic mass is 10.0. The summed E-state index contributed by atoms with van der Waals surface area (Å²) in [6.45, 7) is -0.705. The van der Waals surface area contributed by atoms with Crippen LogP contribution in [0.15, 0.2) is 12.1 Å². The van der Waals surface area contributed by atoms with Crippen LogP contribution in [0.1, 0.15) is 5.56 Å². The van der Waals surface area contributed by atoms with Crippen LogP contribution in [0.25, 0.3) is 22.3 Å². The van der Waals surface area contributed by atoms with E-state index in [0.717, 1.165) is 17.9 Å². The van der Waals surface area contributed by atoms with E-state index in [0.29, 0.717) is 0 Å². The Kier molecular flexibility index (Phi) is 5.15. The Bertz CT molecular complexity index is 1070. The molecule has 0 bridgehead atoms. The van der Waals surface area contributed by atoms with E-state index < -0.39 is 58.1 Å². The Labute approximate surface area is 158 Å². The lowest BCUT2D eigenvalue weighted by molar-refractivity contribution is -0.140. The first-order valence-electron chi connectivity index (χ1n) is 7.46. The van der Waals surface area contributed by atoms with Gasteiger partial charge in [0.25, 0.3) is 0 Å². The third kappa shape index (κ3) is 3.35. The van der Waals surface area contributed by atoms with Crippen molar-refractivity contribution in [1.29, 1.82) is 0 Å². The van der Waals surface area contributed by atoms with E-state index >= 15 is 0 Å². The topological polar surface area (TPSA) is 49.2 Å². The van der Waals surface area contributed by atoms with Crippen LogP contribution in [-0.4, -0.2) is 28.7 Å². The molecule has 0 spiro atoms. The third-order valence-electron chi connectivity index (χ3n) is 3.77. The molecule has 5 nitrogen and oxygen atoms in total. The zero-order valence-electron chi connectivity index (χ0n) is 14.2. The molecule has 0 aliphatic carbocycles. The largest absolute Gasteiger partial charge is 0.461 e. The number of ether oxygens (including phenoxy) is 2. The molecule has 0 atom stereocenters. The van der Waals surface area contributed by atoms with Gasteiger partial charge in [-0.05, 0) is 12.1 Å². The Morgan fingerprint density at radius 1 is 1.14 bits per heavy atom. The Balaban J connectivity index is 2.36. The highest BCUT2D eigenvalue weighted by Crippen LogP contribution is 2.42. The molecule has 0 N–H and O–H groups in total. The summed E-state index contributed by atoms with van der Waals surface area (Å²) in [7, 11) is 2.47. The van der Waals surface area contributed by atoms with Crippen molar-refractivity contribution in [3.63, 3.8) is 0 Å². The number of benzene rings is 1. The molecule has 28 heavy (non-hydrogen) atoms. The molecular weight excluding hydrogens is 416 g/mol. The van der Waals surface area contributed by atoms with Gasteiger partial charge in [0.05, 0.1) is 10.9 Å². The fourth-order valence-electron chi connectivity index (χ4n) is 2.56. The molecule has 0 unspecified atom stereocenters. The smallest absolute Gasteiger partial charge is 0.419 e. The maximum Gasteiger partial charge on any atom is 0.419 e. The zero-order valence-corrected chi connectivity index (χ0v) is 14.9. The van der Waals surface area contributed by atoms with Crippen LogP contribution in [0.5, 0.6) is 5.75 Å². The van der Waals surface area contributed by atoms with Crippen molar-refractivity contribution in [2.45, 2.75) is 6.18 Å². The van der Waals surface area contributed by atoms with Gasteiger partial charge < -0.3 is 9.47 Å². The first kappa shape index (κ1) is 20.2. The van der Waals surface area contributed by atoms with E-state index in [1.54, 1.807) is 0 Å². The van der Waals surface area contributed by atoms with Crippen molar-refractivity contribution in [3.8, 4) is 17.0 Å². The normalized spacial score (nSPS) is 12.0. The second-order valence-corrected chi connectivity index (χ2v) is 5.94. The summed E-state index contributed by atoms with van der Waals surface area (Å²) >= 11 is 5.60. The Morgan fingerprint density at radius 3 is 2.43 bits per heavy atom. The number of aromatic nitrogens is 3. The SMILES string of the molecule is COCOc1c(F)c(-c2nn(C)c3nc(Cl)c(F)cc23)cc(C(F)(F)F)c1F. The highest BCUT2D eigenvalue weighted by molar-refractivity contribution is 6.30. The summed E-state index contributed by atoms with van der Waals surface area (Å²) in [5.41, 5.74) is -2.95. The van der Waals surface area contributed by atoms with Crippen molar-refractivity contribution in [2.75, 3.05) is 13.9 Å². The summed E-state index contributed by atoms with van der Waals surface area (Å²) < 4.78 is 92.9. The summed E-state index contributed by atoms with van der Waals surface area (Å²) in [6.07, 6.45) is -5.16. The van der Waals surface area contributed by atoms with E-state index in [9.17, 15) is 26.3 Å². The first-order valence-corrected chi connectivity index (χ1v) is 7.84. The van der Waals surface area contributed by atoms with Crippen LogP contribution >= 0.6 is 11.6 Å². The number of hydrogen-bond donors (Lipinski definition) is 0. The van der Waals surface area contributed by atoms with Crippen LogP contribution in [0.3, 0.4) is 0 Å². The molecule has 1 aromatic carbocycles. The number of fused-ring (bicyclic) bond motifs is 1. The van der Waals surface area contributed by atoms with Gasteiger partial charge in [0, 0.05) is 19.7 Å². The van der Waals surface area contributed by atoms with Crippen LogP contribution in [0, 0.1) is 17.5 Å². The van der Waals surface area contributed by atoms with E-state index in [-0.39, 0.29) is 17.1 Å². The monoisotopic (exact) mass is 425 g/mol. The van der Waals surface area contributed by atoms with E-state index in [2.05, 4.69) is 19.6 Å². The number of halogens is 7. The predicted molar refractivity (Wildman–Crippen MR) is 86.3 cm³/mol. The van der Waals surface area contributed by atoms with Crippen molar-refractivity contribution < 1.29 is 35.8 Å². The van der Waals surface area contributed by atoms with Crippen LogP contribution in [-0.2, 0) is 18.0 Å². The average molecular weight is 426 g/mol. The van der Waals surface area contributed by atoms with Gasteiger partial charge in [-0.25, -0.2) is 22.8 Å². The second-order valence-electron chi connectivity index (χ2n) is 5.58. The van der Waals surface area contributed by atoms with E-state index in [1.165, 1.54) is 7.05 Å². The molecule has 3 rings (SSSR count). The van der Waals surface area contributed by atoms with Gasteiger partial charge in [0.15, 0.2) is 40.8 Å². The molecular formula is C16H10ClF6N3O2. The number of rotatable bonds is 4. The summed E-state index contributed by atoms with van der Waals surface area (Å²) in [5.74, 6) is -5.69. The second kappa shape index (κ2) is 7.13. The lowest BCUT2D eigenvalue weighted by Gasteiger charge is -2.15. The van der Waals surface area contributed by atoms with Crippen molar-refractivity contribution in [3.05, 3.63) is 40.3 Å². The van der Waals surface area contributed by atoms with Crippen molar-refractivity contribution in [1.82, 2.24) is 14.8 Å². The molecule has 0 amide bonds. The lowest BCUT2D eigenvalue weighted by Crippen LogP contribution is -2.13. The summed E-state index contributed by atoms with van der Waals surface area (Å²) in [4.78, 5) is 3.73. The Hall–Kier alpha value is -2.53. The van der Waals surface area contributed by atoms with Gasteiger partial charge in [-0.3, -0.25) is 0 Å². The zero-order chi connectivity index (χ0) is 20.8. The van der Waals surface area contributed by atoms with E-state index in [4.69, 9.17) is 11.6 Å². The molecule has 0 saturated carbocycles.